The van der Waals surface area contributed by atoms with Gasteiger partial charge in [-0.05, 0) is 25.0 Å². The van der Waals surface area contributed by atoms with Gasteiger partial charge in [0.25, 0.3) is 0 Å². The van der Waals surface area contributed by atoms with Gasteiger partial charge >= 0.3 is 0 Å². The quantitative estimate of drug-likeness (QED) is 0.874. The maximum absolute atomic E-state index is 11.7. The number of benzene rings is 1. The summed E-state index contributed by atoms with van der Waals surface area (Å²) in [6, 6.07) is 7.85. The molecule has 1 fully saturated rings. The average molecular weight is 311 g/mol. The van der Waals surface area contributed by atoms with Crippen molar-refractivity contribution in [1.82, 2.24) is 14.9 Å². The fraction of sp³-hybridized carbons (Fsp3) is 0.389. The Balaban J connectivity index is 1.95. The minimum absolute atomic E-state index is 0.126. The van der Waals surface area contributed by atoms with Gasteiger partial charge in [-0.15, -0.1) is 0 Å². The molecule has 1 aliphatic rings. The van der Waals surface area contributed by atoms with Gasteiger partial charge in [-0.25, -0.2) is 0 Å². The van der Waals surface area contributed by atoms with Gasteiger partial charge in [0, 0.05) is 43.9 Å². The predicted molar refractivity (Wildman–Crippen MR) is 88.2 cm³/mol. The minimum atomic E-state index is 0.126. The number of piperidine rings is 1. The van der Waals surface area contributed by atoms with Gasteiger partial charge in [0.15, 0.2) is 0 Å². The Bertz CT molecular complexity index is 702. The highest BCUT2D eigenvalue weighted by Gasteiger charge is 2.26. The Morgan fingerprint density at radius 1 is 1.30 bits per heavy atom. The Kier molecular flexibility index (Phi) is 4.55. The van der Waals surface area contributed by atoms with Crippen molar-refractivity contribution < 1.29 is 9.53 Å². The van der Waals surface area contributed by atoms with Crippen LogP contribution in [-0.2, 0) is 4.79 Å². The number of hydrogen-bond donors (Lipinski definition) is 0. The second-order valence-corrected chi connectivity index (χ2v) is 5.83. The molecular weight excluding hydrogens is 290 g/mol. The first kappa shape index (κ1) is 15.5. The van der Waals surface area contributed by atoms with E-state index >= 15 is 0 Å². The van der Waals surface area contributed by atoms with Crippen LogP contribution in [0.2, 0.25) is 0 Å². The Morgan fingerprint density at radius 2 is 2.13 bits per heavy atom. The molecule has 120 valence electrons. The molecule has 1 aliphatic heterocycles. The van der Waals surface area contributed by atoms with Gasteiger partial charge in [0.05, 0.1) is 18.5 Å². The molecule has 0 unspecified atom stereocenters. The molecule has 1 amide bonds. The van der Waals surface area contributed by atoms with Crippen molar-refractivity contribution in [2.24, 2.45) is 0 Å². The highest BCUT2D eigenvalue weighted by molar-refractivity contribution is 5.73. The second kappa shape index (κ2) is 6.77. The molecule has 2 aromatic rings. The van der Waals surface area contributed by atoms with E-state index in [1.165, 1.54) is 0 Å². The molecule has 0 bridgehead atoms. The highest BCUT2D eigenvalue weighted by Crippen LogP contribution is 2.32. The molecule has 1 saturated heterocycles. The number of hydrogen-bond acceptors (Lipinski definition) is 4. The lowest BCUT2D eigenvalue weighted by Gasteiger charge is -2.32. The van der Waals surface area contributed by atoms with Crippen LogP contribution in [0.25, 0.3) is 11.3 Å². The summed E-state index contributed by atoms with van der Waals surface area (Å²) in [6.45, 7) is 3.17. The molecule has 0 N–H and O–H groups in total. The Labute approximate surface area is 136 Å². The zero-order chi connectivity index (χ0) is 16.2. The van der Waals surface area contributed by atoms with E-state index in [0.717, 1.165) is 42.1 Å². The van der Waals surface area contributed by atoms with E-state index in [9.17, 15) is 4.79 Å². The van der Waals surface area contributed by atoms with Crippen LogP contribution < -0.4 is 4.74 Å². The summed E-state index contributed by atoms with van der Waals surface area (Å²) in [7, 11) is 1.66. The van der Waals surface area contributed by atoms with Gasteiger partial charge in [-0.2, -0.15) is 0 Å². The molecule has 5 nitrogen and oxygen atoms in total. The van der Waals surface area contributed by atoms with Crippen molar-refractivity contribution in [2.45, 2.75) is 25.7 Å². The van der Waals surface area contributed by atoms with Crippen LogP contribution in [0.5, 0.6) is 5.75 Å². The van der Waals surface area contributed by atoms with Crippen molar-refractivity contribution in [3.05, 3.63) is 42.4 Å². The first-order chi connectivity index (χ1) is 11.2. The maximum Gasteiger partial charge on any atom is 0.219 e. The van der Waals surface area contributed by atoms with E-state index in [1.807, 2.05) is 29.2 Å². The number of carbonyl (C=O) groups is 1. The SMILES string of the molecule is COc1cccc(-c2nccnc2[C@@H]2CCCN(C(C)=O)C2)c1. The third-order valence-electron chi connectivity index (χ3n) is 4.32. The lowest BCUT2D eigenvalue weighted by Crippen LogP contribution is -2.38. The number of amides is 1. The number of nitrogens with zero attached hydrogens (tertiary/aromatic N) is 3. The van der Waals surface area contributed by atoms with Crippen molar-refractivity contribution in [1.29, 1.82) is 0 Å². The van der Waals surface area contributed by atoms with Crippen LogP contribution in [0, 0.1) is 0 Å². The molecule has 23 heavy (non-hydrogen) atoms. The zero-order valence-corrected chi connectivity index (χ0v) is 13.5. The van der Waals surface area contributed by atoms with E-state index in [0.29, 0.717) is 6.54 Å². The lowest BCUT2D eigenvalue weighted by atomic mass is 9.91. The standard InChI is InChI=1S/C18H21N3O2/c1-13(22)21-10-4-6-15(12-21)18-17(19-8-9-20-18)14-5-3-7-16(11-14)23-2/h3,5,7-9,11,15H,4,6,10,12H2,1-2H3/t15-/m1/s1. The van der Waals surface area contributed by atoms with Crippen LogP contribution in [0.1, 0.15) is 31.4 Å². The largest absolute Gasteiger partial charge is 0.497 e. The summed E-state index contributed by atoms with van der Waals surface area (Å²) in [5.74, 6) is 1.15. The molecule has 0 aliphatic carbocycles. The van der Waals surface area contributed by atoms with E-state index in [2.05, 4.69) is 9.97 Å². The Morgan fingerprint density at radius 3 is 2.91 bits per heavy atom. The van der Waals surface area contributed by atoms with Crippen LogP contribution in [0.15, 0.2) is 36.7 Å². The average Bonchev–Trinajstić information content (AvgIpc) is 2.62. The second-order valence-electron chi connectivity index (χ2n) is 5.83. The van der Waals surface area contributed by atoms with Crippen LogP contribution in [0.4, 0.5) is 0 Å². The molecule has 1 atom stereocenters. The molecule has 1 aromatic carbocycles. The smallest absolute Gasteiger partial charge is 0.219 e. The Hall–Kier alpha value is -2.43. The number of aromatic nitrogens is 2. The molecule has 0 radical (unpaired) electrons. The fourth-order valence-electron chi connectivity index (χ4n) is 3.13. The van der Waals surface area contributed by atoms with Crippen molar-refractivity contribution in [3.8, 4) is 17.0 Å². The third kappa shape index (κ3) is 3.33. The van der Waals surface area contributed by atoms with Gasteiger partial charge in [0.2, 0.25) is 5.91 Å². The van der Waals surface area contributed by atoms with Gasteiger partial charge in [0.1, 0.15) is 5.75 Å². The number of likely N-dealkylation sites (tertiary alicyclic amines) is 1. The molecular formula is C18H21N3O2. The lowest BCUT2D eigenvalue weighted by molar-refractivity contribution is -0.130. The summed E-state index contributed by atoms with van der Waals surface area (Å²) in [4.78, 5) is 22.7. The molecule has 5 heteroatoms. The number of ether oxygens (including phenoxy) is 1. The van der Waals surface area contributed by atoms with Gasteiger partial charge in [-0.1, -0.05) is 12.1 Å². The summed E-state index contributed by atoms with van der Waals surface area (Å²) in [5, 5.41) is 0. The van der Waals surface area contributed by atoms with E-state index in [1.54, 1.807) is 26.4 Å². The number of methoxy groups -OCH3 is 1. The van der Waals surface area contributed by atoms with Crippen LogP contribution in [-0.4, -0.2) is 41.0 Å². The van der Waals surface area contributed by atoms with Crippen molar-refractivity contribution >= 4 is 5.91 Å². The van der Waals surface area contributed by atoms with E-state index in [4.69, 9.17) is 4.74 Å². The molecule has 3 rings (SSSR count). The summed E-state index contributed by atoms with van der Waals surface area (Å²) >= 11 is 0. The summed E-state index contributed by atoms with van der Waals surface area (Å²) < 4.78 is 5.31. The summed E-state index contributed by atoms with van der Waals surface area (Å²) in [5.41, 5.74) is 2.83. The molecule has 0 saturated carbocycles. The summed E-state index contributed by atoms with van der Waals surface area (Å²) in [6.07, 6.45) is 5.47. The van der Waals surface area contributed by atoms with Crippen LogP contribution >= 0.6 is 0 Å². The van der Waals surface area contributed by atoms with Crippen molar-refractivity contribution in [2.75, 3.05) is 20.2 Å². The van der Waals surface area contributed by atoms with E-state index in [-0.39, 0.29) is 11.8 Å². The fourth-order valence-corrected chi connectivity index (χ4v) is 3.13. The maximum atomic E-state index is 11.7. The molecule has 1 aromatic heterocycles. The number of carbonyl (C=O) groups excluding carboxylic acids is 1. The van der Waals surface area contributed by atoms with E-state index < -0.39 is 0 Å². The first-order valence-electron chi connectivity index (χ1n) is 7.90. The zero-order valence-electron chi connectivity index (χ0n) is 13.5. The number of rotatable bonds is 3. The van der Waals surface area contributed by atoms with Crippen molar-refractivity contribution in [3.63, 3.8) is 0 Å². The highest BCUT2D eigenvalue weighted by atomic mass is 16.5. The normalized spacial score (nSPS) is 17.8. The third-order valence-corrected chi connectivity index (χ3v) is 4.32. The molecule has 2 heterocycles. The minimum Gasteiger partial charge on any atom is -0.497 e. The topological polar surface area (TPSA) is 55.3 Å². The monoisotopic (exact) mass is 311 g/mol. The van der Waals surface area contributed by atoms with Gasteiger partial charge in [-0.3, -0.25) is 14.8 Å². The predicted octanol–water partition coefficient (Wildman–Crippen LogP) is 2.88. The van der Waals surface area contributed by atoms with Gasteiger partial charge < -0.3 is 9.64 Å². The van der Waals surface area contributed by atoms with Crippen LogP contribution in [0.3, 0.4) is 0 Å². The molecule has 0 spiro atoms. The first-order valence-corrected chi connectivity index (χ1v) is 7.90.